The van der Waals surface area contributed by atoms with Gasteiger partial charge in [0.15, 0.2) is 0 Å². The molecule has 0 aliphatic heterocycles. The van der Waals surface area contributed by atoms with Crippen molar-refractivity contribution in [2.75, 3.05) is 32.1 Å². The molecule has 2 N–H and O–H groups in total. The highest BCUT2D eigenvalue weighted by Gasteiger charge is 2.01. The second-order valence-electron chi connectivity index (χ2n) is 3.41. The van der Waals surface area contributed by atoms with Crippen molar-refractivity contribution >= 4 is 11.6 Å². The monoisotopic (exact) mass is 233 g/mol. The zero-order valence-electron chi connectivity index (χ0n) is 9.69. The molecule has 17 heavy (non-hydrogen) atoms. The van der Waals surface area contributed by atoms with E-state index in [0.29, 0.717) is 24.4 Å². The van der Waals surface area contributed by atoms with Gasteiger partial charge in [-0.2, -0.15) is 5.26 Å². The Bertz CT molecular complexity index is 412. The Balaban J connectivity index is 2.37. The Hall–Kier alpha value is -1.90. The molecule has 0 bridgehead atoms. The van der Waals surface area contributed by atoms with Crippen LogP contribution in [-0.2, 0) is 9.53 Å². The highest BCUT2D eigenvalue weighted by molar-refractivity contribution is 5.92. The number of anilines is 1. The standard InChI is InChI=1S/C12H15N3O2/c1-17-6-5-14-9-12(16)15-11-4-2-3-10(7-11)8-13/h2-4,7,14H,5-6,9H2,1H3,(H,15,16). The number of hydrogen-bond acceptors (Lipinski definition) is 4. The molecule has 0 saturated carbocycles. The minimum absolute atomic E-state index is 0.142. The highest BCUT2D eigenvalue weighted by atomic mass is 16.5. The van der Waals surface area contributed by atoms with E-state index in [1.54, 1.807) is 31.4 Å². The lowest BCUT2D eigenvalue weighted by Gasteiger charge is -2.06. The van der Waals surface area contributed by atoms with Gasteiger partial charge >= 0.3 is 0 Å². The molecule has 0 aliphatic carbocycles. The molecule has 0 fully saturated rings. The average Bonchev–Trinajstić information content (AvgIpc) is 2.35. The first kappa shape index (κ1) is 13.2. The first-order valence-corrected chi connectivity index (χ1v) is 5.26. The van der Waals surface area contributed by atoms with Crippen LogP contribution in [0.4, 0.5) is 5.69 Å². The summed E-state index contributed by atoms with van der Waals surface area (Å²) in [5.74, 6) is -0.142. The van der Waals surface area contributed by atoms with Crippen molar-refractivity contribution in [2.45, 2.75) is 0 Å². The van der Waals surface area contributed by atoms with Gasteiger partial charge < -0.3 is 15.4 Å². The van der Waals surface area contributed by atoms with Crippen LogP contribution in [0.25, 0.3) is 0 Å². The zero-order chi connectivity index (χ0) is 12.5. The number of nitriles is 1. The van der Waals surface area contributed by atoms with Crippen LogP contribution >= 0.6 is 0 Å². The van der Waals surface area contributed by atoms with Crippen LogP contribution in [0, 0.1) is 11.3 Å². The number of carbonyl (C=O) groups is 1. The molecule has 0 heterocycles. The first-order valence-electron chi connectivity index (χ1n) is 5.26. The number of methoxy groups -OCH3 is 1. The van der Waals surface area contributed by atoms with Gasteiger partial charge in [-0.05, 0) is 18.2 Å². The molecule has 0 aromatic heterocycles. The van der Waals surface area contributed by atoms with E-state index in [1.807, 2.05) is 6.07 Å². The number of rotatable bonds is 6. The summed E-state index contributed by atoms with van der Waals surface area (Å²) in [6.07, 6.45) is 0. The summed E-state index contributed by atoms with van der Waals surface area (Å²) in [4.78, 5) is 11.5. The van der Waals surface area contributed by atoms with Crippen LogP contribution in [0.1, 0.15) is 5.56 Å². The van der Waals surface area contributed by atoms with Crippen molar-refractivity contribution < 1.29 is 9.53 Å². The van der Waals surface area contributed by atoms with Crippen molar-refractivity contribution in [1.29, 1.82) is 5.26 Å². The van der Waals surface area contributed by atoms with Crippen molar-refractivity contribution in [1.82, 2.24) is 5.32 Å². The lowest BCUT2D eigenvalue weighted by Crippen LogP contribution is -2.30. The van der Waals surface area contributed by atoms with Gasteiger partial charge in [0.1, 0.15) is 0 Å². The van der Waals surface area contributed by atoms with E-state index in [4.69, 9.17) is 10.00 Å². The van der Waals surface area contributed by atoms with E-state index in [0.717, 1.165) is 0 Å². The SMILES string of the molecule is COCCNCC(=O)Nc1cccc(C#N)c1. The molecule has 0 atom stereocenters. The molecule has 5 nitrogen and oxygen atoms in total. The predicted octanol–water partition coefficient (Wildman–Crippen LogP) is 0.733. The quantitative estimate of drug-likeness (QED) is 0.710. The first-order chi connectivity index (χ1) is 8.26. The minimum Gasteiger partial charge on any atom is -0.383 e. The fourth-order valence-electron chi connectivity index (χ4n) is 1.25. The van der Waals surface area contributed by atoms with Gasteiger partial charge in [0.25, 0.3) is 0 Å². The normalized spacial score (nSPS) is 9.65. The van der Waals surface area contributed by atoms with Gasteiger partial charge in [-0.1, -0.05) is 6.07 Å². The van der Waals surface area contributed by atoms with Crippen molar-refractivity contribution in [2.24, 2.45) is 0 Å². The Morgan fingerprint density at radius 2 is 2.35 bits per heavy atom. The summed E-state index contributed by atoms with van der Waals surface area (Å²) in [5.41, 5.74) is 1.15. The van der Waals surface area contributed by atoms with Crippen LogP contribution in [0.3, 0.4) is 0 Å². The lowest BCUT2D eigenvalue weighted by atomic mass is 10.2. The fraction of sp³-hybridized carbons (Fsp3) is 0.333. The summed E-state index contributed by atoms with van der Waals surface area (Å²) in [6, 6.07) is 8.81. The van der Waals surface area contributed by atoms with Gasteiger partial charge in [-0.3, -0.25) is 4.79 Å². The topological polar surface area (TPSA) is 74.2 Å². The van der Waals surface area contributed by atoms with E-state index in [9.17, 15) is 4.79 Å². The highest BCUT2D eigenvalue weighted by Crippen LogP contribution is 2.09. The number of nitrogens with one attached hydrogen (secondary N) is 2. The third kappa shape index (κ3) is 5.11. The molecule has 0 aliphatic rings. The summed E-state index contributed by atoms with van der Waals surface area (Å²) in [7, 11) is 1.61. The van der Waals surface area contributed by atoms with Crippen molar-refractivity contribution in [3.63, 3.8) is 0 Å². The molecule has 0 saturated heterocycles. The fourth-order valence-corrected chi connectivity index (χ4v) is 1.25. The molecule has 1 aromatic carbocycles. The number of ether oxygens (including phenoxy) is 1. The number of hydrogen-bond donors (Lipinski definition) is 2. The molecule has 5 heteroatoms. The molecule has 0 radical (unpaired) electrons. The summed E-state index contributed by atoms with van der Waals surface area (Å²) in [5, 5.41) is 14.3. The van der Waals surface area contributed by atoms with Gasteiger partial charge in [0.05, 0.1) is 24.8 Å². The van der Waals surface area contributed by atoms with E-state index in [1.165, 1.54) is 0 Å². The summed E-state index contributed by atoms with van der Waals surface area (Å²) >= 11 is 0. The number of benzene rings is 1. The van der Waals surface area contributed by atoms with Crippen molar-refractivity contribution in [3.05, 3.63) is 29.8 Å². The second kappa shape index (κ2) is 7.39. The average molecular weight is 233 g/mol. The predicted molar refractivity (Wildman–Crippen MR) is 64.5 cm³/mol. The Labute approximate surface area is 100 Å². The Morgan fingerprint density at radius 1 is 1.53 bits per heavy atom. The molecular formula is C12H15N3O2. The van der Waals surface area contributed by atoms with Crippen LogP contribution in [-0.4, -0.2) is 32.7 Å². The molecule has 1 aromatic rings. The van der Waals surface area contributed by atoms with E-state index >= 15 is 0 Å². The van der Waals surface area contributed by atoms with Crippen LogP contribution in [0.5, 0.6) is 0 Å². The number of nitrogens with zero attached hydrogens (tertiary/aromatic N) is 1. The maximum absolute atomic E-state index is 11.5. The molecule has 1 rings (SSSR count). The summed E-state index contributed by atoms with van der Waals surface area (Å²) in [6.45, 7) is 1.42. The van der Waals surface area contributed by atoms with Gasteiger partial charge in [-0.15, -0.1) is 0 Å². The minimum atomic E-state index is -0.142. The van der Waals surface area contributed by atoms with Gasteiger partial charge in [0.2, 0.25) is 5.91 Å². The number of amides is 1. The second-order valence-corrected chi connectivity index (χ2v) is 3.41. The third-order valence-electron chi connectivity index (χ3n) is 2.04. The Morgan fingerprint density at radius 3 is 3.06 bits per heavy atom. The zero-order valence-corrected chi connectivity index (χ0v) is 9.69. The van der Waals surface area contributed by atoms with Crippen molar-refractivity contribution in [3.8, 4) is 6.07 Å². The molecule has 0 unspecified atom stereocenters. The van der Waals surface area contributed by atoms with Crippen LogP contribution in [0.2, 0.25) is 0 Å². The van der Waals surface area contributed by atoms with Gasteiger partial charge in [-0.25, -0.2) is 0 Å². The maximum Gasteiger partial charge on any atom is 0.238 e. The molecule has 90 valence electrons. The smallest absolute Gasteiger partial charge is 0.238 e. The van der Waals surface area contributed by atoms with Crippen LogP contribution < -0.4 is 10.6 Å². The number of carbonyl (C=O) groups excluding carboxylic acids is 1. The molecule has 0 spiro atoms. The largest absolute Gasteiger partial charge is 0.383 e. The summed E-state index contributed by atoms with van der Waals surface area (Å²) < 4.78 is 4.84. The molecule has 1 amide bonds. The molecular weight excluding hydrogens is 218 g/mol. The van der Waals surface area contributed by atoms with E-state index in [2.05, 4.69) is 10.6 Å². The van der Waals surface area contributed by atoms with E-state index in [-0.39, 0.29) is 12.5 Å². The third-order valence-corrected chi connectivity index (χ3v) is 2.04. The maximum atomic E-state index is 11.5. The van der Waals surface area contributed by atoms with Gasteiger partial charge in [0, 0.05) is 19.3 Å². The Kier molecular flexibility index (Phi) is 5.72. The van der Waals surface area contributed by atoms with E-state index < -0.39 is 0 Å². The van der Waals surface area contributed by atoms with Crippen LogP contribution in [0.15, 0.2) is 24.3 Å². The lowest BCUT2D eigenvalue weighted by molar-refractivity contribution is -0.115.